The van der Waals surface area contributed by atoms with Crippen molar-refractivity contribution >= 4 is 35.0 Å². The molecule has 0 aliphatic rings. The molecule has 0 atom stereocenters. The lowest BCUT2D eigenvalue weighted by atomic mass is 10.1. The van der Waals surface area contributed by atoms with Gasteiger partial charge in [0.2, 0.25) is 0 Å². The Morgan fingerprint density at radius 1 is 1.16 bits per heavy atom. The molecule has 7 nitrogen and oxygen atoms in total. The molecule has 0 saturated heterocycles. The minimum atomic E-state index is -0.717. The van der Waals surface area contributed by atoms with Gasteiger partial charge in [0, 0.05) is 28.2 Å². The Bertz CT molecular complexity index is 1250. The van der Waals surface area contributed by atoms with Crippen molar-refractivity contribution < 1.29 is 9.72 Å². The van der Waals surface area contributed by atoms with Crippen LogP contribution >= 0.6 is 11.6 Å². The largest absolute Gasteiger partial charge is 0.318 e. The number of aromatic nitrogens is 1. The predicted octanol–water partition coefficient (Wildman–Crippen LogP) is 5.51. The molecule has 1 aromatic heterocycles. The Morgan fingerprint density at radius 3 is 2.45 bits per heavy atom. The summed E-state index contributed by atoms with van der Waals surface area (Å²) < 4.78 is 1.99. The molecule has 1 heterocycles. The van der Waals surface area contributed by atoms with E-state index >= 15 is 0 Å². The number of aryl methyl sites for hydroxylation is 2. The molecule has 0 aliphatic carbocycles. The quantitative estimate of drug-likeness (QED) is 0.247. The van der Waals surface area contributed by atoms with Crippen LogP contribution in [0.4, 0.5) is 11.4 Å². The van der Waals surface area contributed by atoms with E-state index < -0.39 is 10.8 Å². The first-order valence-electron chi connectivity index (χ1n) is 9.34. The first kappa shape index (κ1) is 21.8. The van der Waals surface area contributed by atoms with Gasteiger partial charge in [-0.15, -0.1) is 0 Å². The number of hydrogen-bond acceptors (Lipinski definition) is 4. The molecule has 1 N–H and O–H groups in total. The summed E-state index contributed by atoms with van der Waals surface area (Å²) >= 11 is 5.97. The maximum atomic E-state index is 12.7. The number of nitro groups is 1. The molecule has 8 heteroatoms. The smallest absolute Gasteiger partial charge is 0.293 e. The van der Waals surface area contributed by atoms with Gasteiger partial charge in [-0.1, -0.05) is 17.7 Å². The van der Waals surface area contributed by atoms with Crippen LogP contribution in [0.2, 0.25) is 5.02 Å². The van der Waals surface area contributed by atoms with E-state index in [0.29, 0.717) is 16.1 Å². The first-order chi connectivity index (χ1) is 14.7. The molecule has 0 saturated carbocycles. The molecule has 0 spiro atoms. The summed E-state index contributed by atoms with van der Waals surface area (Å²) in [6.45, 7) is 5.52. The number of halogens is 1. The third-order valence-corrected chi connectivity index (χ3v) is 5.07. The summed E-state index contributed by atoms with van der Waals surface area (Å²) in [5.74, 6) is -0.717. The highest BCUT2D eigenvalue weighted by Gasteiger charge is 2.19. The van der Waals surface area contributed by atoms with Crippen LogP contribution in [0.25, 0.3) is 11.8 Å². The fraction of sp³-hybridized carbons (Fsp3) is 0.130. The molecule has 1 amide bonds. The normalized spacial score (nSPS) is 11.1. The highest BCUT2D eigenvalue weighted by atomic mass is 35.5. The average Bonchev–Trinajstić information content (AvgIpc) is 3.01. The molecule has 2 aromatic carbocycles. The van der Waals surface area contributed by atoms with Crippen LogP contribution < -0.4 is 5.32 Å². The number of nitrogens with zero attached hydrogens (tertiary/aromatic N) is 3. The lowest BCUT2D eigenvalue weighted by Crippen LogP contribution is -2.14. The maximum absolute atomic E-state index is 12.7. The van der Waals surface area contributed by atoms with E-state index in [2.05, 4.69) is 5.32 Å². The third kappa shape index (κ3) is 4.65. The van der Waals surface area contributed by atoms with Gasteiger partial charge < -0.3 is 9.88 Å². The number of nitrogens with one attached hydrogen (secondary N) is 1. The van der Waals surface area contributed by atoms with Gasteiger partial charge in [-0.25, -0.2) is 0 Å². The Kier molecular flexibility index (Phi) is 6.23. The Morgan fingerprint density at radius 2 is 1.84 bits per heavy atom. The number of nitriles is 1. The summed E-state index contributed by atoms with van der Waals surface area (Å²) in [6, 6.07) is 15.5. The number of amides is 1. The molecule has 0 aliphatic heterocycles. The zero-order chi connectivity index (χ0) is 22.7. The Balaban J connectivity index is 1.95. The van der Waals surface area contributed by atoms with Crippen molar-refractivity contribution in [3.05, 3.63) is 91.8 Å². The number of carbonyl (C=O) groups excluding carboxylic acids is 1. The van der Waals surface area contributed by atoms with Crippen molar-refractivity contribution in [2.45, 2.75) is 20.8 Å². The number of rotatable bonds is 5. The van der Waals surface area contributed by atoms with Gasteiger partial charge in [-0.05, 0) is 74.4 Å². The standard InChI is InChI=1S/C23H19ClN4O3/c1-14-4-9-21(22(10-14)28(30)31)26-23(29)18(13-25)12-17-11-15(2)27(16(17)3)20-7-5-19(24)6-8-20/h4-12H,1-3H3,(H,26,29)/b18-12+. The van der Waals surface area contributed by atoms with E-state index in [0.717, 1.165) is 17.1 Å². The van der Waals surface area contributed by atoms with Crippen LogP contribution in [0, 0.1) is 42.2 Å². The first-order valence-corrected chi connectivity index (χ1v) is 9.72. The zero-order valence-corrected chi connectivity index (χ0v) is 17.9. The summed E-state index contributed by atoms with van der Waals surface area (Å²) in [6.07, 6.45) is 1.48. The van der Waals surface area contributed by atoms with E-state index in [9.17, 15) is 20.2 Å². The number of nitro benzene ring substituents is 1. The molecule has 3 aromatic rings. The van der Waals surface area contributed by atoms with E-state index in [1.165, 1.54) is 18.2 Å². The van der Waals surface area contributed by atoms with Gasteiger partial charge >= 0.3 is 0 Å². The van der Waals surface area contributed by atoms with E-state index in [1.54, 1.807) is 25.1 Å². The van der Waals surface area contributed by atoms with Crippen molar-refractivity contribution in [2.24, 2.45) is 0 Å². The number of hydrogen-bond donors (Lipinski definition) is 1. The van der Waals surface area contributed by atoms with Crippen molar-refractivity contribution in [2.75, 3.05) is 5.32 Å². The SMILES string of the molecule is Cc1ccc(NC(=O)/C(C#N)=C/c2cc(C)n(-c3ccc(Cl)cc3)c2C)c([N+](=O)[O-])c1. The van der Waals surface area contributed by atoms with Gasteiger partial charge in [-0.3, -0.25) is 14.9 Å². The van der Waals surface area contributed by atoms with Crippen molar-refractivity contribution in [1.82, 2.24) is 4.57 Å². The van der Waals surface area contributed by atoms with E-state index in [-0.39, 0.29) is 16.9 Å². The van der Waals surface area contributed by atoms with Crippen LogP contribution in [0.15, 0.2) is 54.1 Å². The minimum Gasteiger partial charge on any atom is -0.318 e. The second-order valence-electron chi connectivity index (χ2n) is 7.04. The lowest BCUT2D eigenvalue weighted by molar-refractivity contribution is -0.384. The topological polar surface area (TPSA) is 101 Å². The molecule has 0 unspecified atom stereocenters. The molecule has 0 bridgehead atoms. The van der Waals surface area contributed by atoms with Crippen LogP contribution in [-0.2, 0) is 4.79 Å². The molecule has 3 rings (SSSR count). The molecular formula is C23H19ClN4O3. The summed E-state index contributed by atoms with van der Waals surface area (Å²) in [5, 5.41) is 23.9. The van der Waals surface area contributed by atoms with Crippen LogP contribution in [0.3, 0.4) is 0 Å². The molecule has 0 radical (unpaired) electrons. The summed E-state index contributed by atoms with van der Waals surface area (Å²) in [4.78, 5) is 23.4. The van der Waals surface area contributed by atoms with E-state index in [4.69, 9.17) is 11.6 Å². The minimum absolute atomic E-state index is 0.0355. The van der Waals surface area contributed by atoms with Crippen LogP contribution in [0.5, 0.6) is 0 Å². The molecular weight excluding hydrogens is 416 g/mol. The molecule has 31 heavy (non-hydrogen) atoms. The lowest BCUT2D eigenvalue weighted by Gasteiger charge is -2.10. The summed E-state index contributed by atoms with van der Waals surface area (Å²) in [7, 11) is 0. The average molecular weight is 435 g/mol. The number of benzene rings is 2. The summed E-state index contributed by atoms with van der Waals surface area (Å²) in [5.41, 5.74) is 3.68. The highest BCUT2D eigenvalue weighted by Crippen LogP contribution is 2.27. The highest BCUT2D eigenvalue weighted by molar-refractivity contribution is 6.30. The second-order valence-corrected chi connectivity index (χ2v) is 7.48. The number of anilines is 1. The van der Waals surface area contributed by atoms with Crippen molar-refractivity contribution in [3.8, 4) is 11.8 Å². The fourth-order valence-corrected chi connectivity index (χ4v) is 3.44. The fourth-order valence-electron chi connectivity index (χ4n) is 3.31. The van der Waals surface area contributed by atoms with Crippen LogP contribution in [0.1, 0.15) is 22.5 Å². The number of carbonyl (C=O) groups is 1. The predicted molar refractivity (Wildman–Crippen MR) is 120 cm³/mol. The van der Waals surface area contributed by atoms with Crippen molar-refractivity contribution in [1.29, 1.82) is 5.26 Å². The monoisotopic (exact) mass is 434 g/mol. The Labute approximate surface area is 184 Å². The van der Waals surface area contributed by atoms with Gasteiger partial charge in [0.05, 0.1) is 4.92 Å². The second kappa shape index (κ2) is 8.86. The van der Waals surface area contributed by atoms with Crippen molar-refractivity contribution in [3.63, 3.8) is 0 Å². The Hall–Kier alpha value is -3.89. The third-order valence-electron chi connectivity index (χ3n) is 4.82. The maximum Gasteiger partial charge on any atom is 0.293 e. The van der Waals surface area contributed by atoms with E-state index in [1.807, 2.05) is 42.7 Å². The molecule has 0 fully saturated rings. The van der Waals surface area contributed by atoms with Gasteiger partial charge in [0.1, 0.15) is 17.3 Å². The van der Waals surface area contributed by atoms with Gasteiger partial charge in [0.25, 0.3) is 11.6 Å². The zero-order valence-electron chi connectivity index (χ0n) is 17.1. The van der Waals surface area contributed by atoms with Crippen LogP contribution in [-0.4, -0.2) is 15.4 Å². The van der Waals surface area contributed by atoms with Gasteiger partial charge in [0.15, 0.2) is 0 Å². The molecule has 156 valence electrons. The van der Waals surface area contributed by atoms with Gasteiger partial charge in [-0.2, -0.15) is 5.26 Å².